The molecule has 0 aromatic heterocycles. The second-order valence-electron chi connectivity index (χ2n) is 3.11. The number of sulfone groups is 1. The molecule has 0 saturated carbocycles. The Morgan fingerprint density at radius 1 is 1.33 bits per heavy atom. The smallest absolute Gasteiger partial charge is 0.171 e. The summed E-state index contributed by atoms with van der Waals surface area (Å²) in [5.74, 6) is -0.0709. The number of hydrogen-bond donors (Lipinski definition) is 1. The maximum atomic E-state index is 11.4. The van der Waals surface area contributed by atoms with Gasteiger partial charge in [0.25, 0.3) is 0 Å². The largest absolute Gasteiger partial charge is 0.293 e. The minimum atomic E-state index is -3.02. The van der Waals surface area contributed by atoms with Crippen LogP contribution in [0.1, 0.15) is 12.8 Å². The maximum absolute atomic E-state index is 11.4. The van der Waals surface area contributed by atoms with Gasteiger partial charge in [0.1, 0.15) is 5.88 Å². The van der Waals surface area contributed by atoms with E-state index in [-0.39, 0.29) is 17.2 Å². The molecule has 1 aliphatic carbocycles. The van der Waals surface area contributed by atoms with E-state index in [9.17, 15) is 8.42 Å². The van der Waals surface area contributed by atoms with Crippen molar-refractivity contribution in [2.24, 2.45) is 0 Å². The second-order valence-corrected chi connectivity index (χ2v) is 5.33. The van der Waals surface area contributed by atoms with Crippen LogP contribution in [0.25, 0.3) is 0 Å². The first-order valence-corrected chi connectivity index (χ1v) is 5.68. The van der Waals surface area contributed by atoms with Crippen molar-refractivity contribution < 1.29 is 13.3 Å². The lowest BCUT2D eigenvalue weighted by atomic mass is 10.1. The highest BCUT2D eigenvalue weighted by Crippen LogP contribution is 2.21. The van der Waals surface area contributed by atoms with E-state index in [0.717, 1.165) is 6.42 Å². The molecule has 2 bridgehead atoms. The van der Waals surface area contributed by atoms with Crippen LogP contribution in [-0.4, -0.2) is 25.6 Å². The molecule has 12 heavy (non-hydrogen) atoms. The summed E-state index contributed by atoms with van der Waals surface area (Å²) < 4.78 is 22.8. The van der Waals surface area contributed by atoms with Crippen molar-refractivity contribution >= 4 is 9.84 Å². The molecule has 3 aliphatic rings. The topological polar surface area (TPSA) is 55.4 Å². The average Bonchev–Trinajstić information content (AvgIpc) is 2.02. The molecule has 2 atom stereocenters. The fourth-order valence-electron chi connectivity index (χ4n) is 1.50. The highest BCUT2D eigenvalue weighted by atomic mass is 32.2. The van der Waals surface area contributed by atoms with Gasteiger partial charge in [0.15, 0.2) is 9.84 Å². The molecule has 2 unspecified atom stereocenters. The van der Waals surface area contributed by atoms with Crippen molar-refractivity contribution in [2.75, 3.05) is 5.88 Å². The van der Waals surface area contributed by atoms with Crippen molar-refractivity contribution in [3.05, 3.63) is 12.2 Å². The molecule has 2 heterocycles. The summed E-state index contributed by atoms with van der Waals surface area (Å²) in [7, 11) is -3.02. The zero-order valence-electron chi connectivity index (χ0n) is 6.56. The predicted octanol–water partition coefficient (Wildman–Crippen LogP) is -0.0193. The number of hydroxylamine groups is 1. The van der Waals surface area contributed by atoms with E-state index in [1.54, 1.807) is 6.08 Å². The Morgan fingerprint density at radius 2 is 2.17 bits per heavy atom. The van der Waals surface area contributed by atoms with Crippen molar-refractivity contribution in [2.45, 2.75) is 24.2 Å². The third-order valence-electron chi connectivity index (χ3n) is 2.23. The fraction of sp³-hybridized carbons (Fsp3) is 0.714. The average molecular weight is 189 g/mol. The summed E-state index contributed by atoms with van der Waals surface area (Å²) in [6.45, 7) is 0. The van der Waals surface area contributed by atoms with Gasteiger partial charge in [0.2, 0.25) is 0 Å². The molecule has 1 fully saturated rings. The SMILES string of the molecule is O=S1(=O)CNOC2C=CC1CC2. The Kier molecular flexibility index (Phi) is 1.94. The molecule has 2 aliphatic heterocycles. The molecule has 5 heteroatoms. The summed E-state index contributed by atoms with van der Waals surface area (Å²) in [4.78, 5) is 5.09. The van der Waals surface area contributed by atoms with E-state index < -0.39 is 9.84 Å². The molecule has 0 amide bonds. The summed E-state index contributed by atoms with van der Waals surface area (Å²) in [5.41, 5.74) is 2.47. The number of fused-ring (bicyclic) bond motifs is 4. The van der Waals surface area contributed by atoms with Gasteiger partial charge in [0, 0.05) is 0 Å². The highest BCUT2D eigenvalue weighted by molar-refractivity contribution is 7.92. The lowest BCUT2D eigenvalue weighted by Crippen LogP contribution is -2.39. The number of nitrogens with one attached hydrogen (secondary N) is 1. The van der Waals surface area contributed by atoms with Crippen LogP contribution in [0.5, 0.6) is 0 Å². The van der Waals surface area contributed by atoms with Gasteiger partial charge in [-0.15, -0.1) is 0 Å². The van der Waals surface area contributed by atoms with Gasteiger partial charge in [-0.3, -0.25) is 4.84 Å². The van der Waals surface area contributed by atoms with Crippen LogP contribution in [0.15, 0.2) is 12.2 Å². The summed E-state index contributed by atoms with van der Waals surface area (Å²) in [5, 5.41) is -0.301. The van der Waals surface area contributed by atoms with E-state index in [0.29, 0.717) is 6.42 Å². The normalized spacial score (nSPS) is 39.0. The number of hydrogen-bond acceptors (Lipinski definition) is 4. The van der Waals surface area contributed by atoms with E-state index in [2.05, 4.69) is 5.48 Å². The van der Waals surface area contributed by atoms with Crippen LogP contribution < -0.4 is 5.48 Å². The molecular weight excluding hydrogens is 178 g/mol. The molecule has 0 radical (unpaired) electrons. The van der Waals surface area contributed by atoms with Crippen molar-refractivity contribution in [1.29, 1.82) is 0 Å². The molecule has 1 saturated heterocycles. The quantitative estimate of drug-likeness (QED) is 0.544. The van der Waals surface area contributed by atoms with Gasteiger partial charge in [-0.1, -0.05) is 12.2 Å². The summed E-state index contributed by atoms with van der Waals surface area (Å²) in [6, 6.07) is 0. The van der Waals surface area contributed by atoms with Crippen molar-refractivity contribution in [3.63, 3.8) is 0 Å². The molecule has 1 N–H and O–H groups in total. The minimum Gasteiger partial charge on any atom is -0.293 e. The van der Waals surface area contributed by atoms with E-state index in [4.69, 9.17) is 4.84 Å². The standard InChI is InChI=1S/C7H11NO3S/c9-12(10)5-8-11-6-1-3-7(12)4-2-6/h1,3,6-8H,2,4-5H2. The molecule has 0 aromatic rings. The van der Waals surface area contributed by atoms with Crippen LogP contribution >= 0.6 is 0 Å². The Hall–Kier alpha value is -0.390. The van der Waals surface area contributed by atoms with Gasteiger partial charge < -0.3 is 0 Å². The maximum Gasteiger partial charge on any atom is 0.171 e. The summed E-state index contributed by atoms with van der Waals surface area (Å²) >= 11 is 0. The highest BCUT2D eigenvalue weighted by Gasteiger charge is 2.29. The van der Waals surface area contributed by atoms with Crippen LogP contribution in [0.4, 0.5) is 0 Å². The Bertz CT molecular complexity index is 296. The van der Waals surface area contributed by atoms with Gasteiger partial charge >= 0.3 is 0 Å². The van der Waals surface area contributed by atoms with Crippen LogP contribution in [0.3, 0.4) is 0 Å². The van der Waals surface area contributed by atoms with Gasteiger partial charge in [0.05, 0.1) is 11.4 Å². The Balaban J connectivity index is 2.32. The molecule has 4 nitrogen and oxygen atoms in total. The van der Waals surface area contributed by atoms with Crippen LogP contribution in [0.2, 0.25) is 0 Å². The second kappa shape index (κ2) is 2.83. The first kappa shape index (κ1) is 8.22. The van der Waals surface area contributed by atoms with Gasteiger partial charge in [-0.25, -0.2) is 8.42 Å². The predicted molar refractivity (Wildman–Crippen MR) is 44.0 cm³/mol. The lowest BCUT2D eigenvalue weighted by Gasteiger charge is -2.26. The number of rotatable bonds is 0. The monoisotopic (exact) mass is 189 g/mol. The zero-order chi connectivity index (χ0) is 8.60. The van der Waals surface area contributed by atoms with Crippen LogP contribution in [-0.2, 0) is 14.7 Å². The molecule has 0 spiro atoms. The minimum absolute atomic E-state index is 0.0525. The van der Waals surface area contributed by atoms with E-state index in [1.165, 1.54) is 0 Å². The Labute approximate surface area is 71.5 Å². The Morgan fingerprint density at radius 3 is 2.83 bits per heavy atom. The van der Waals surface area contributed by atoms with Crippen LogP contribution in [0, 0.1) is 0 Å². The fourth-order valence-corrected chi connectivity index (χ4v) is 2.77. The first-order chi connectivity index (χ1) is 5.68. The van der Waals surface area contributed by atoms with Gasteiger partial charge in [-0.2, -0.15) is 5.48 Å². The molecule has 3 rings (SSSR count). The van der Waals surface area contributed by atoms with Crippen molar-refractivity contribution in [1.82, 2.24) is 5.48 Å². The molecule has 68 valence electrons. The van der Waals surface area contributed by atoms with Crippen molar-refractivity contribution in [3.8, 4) is 0 Å². The first-order valence-electron chi connectivity index (χ1n) is 3.97. The van der Waals surface area contributed by atoms with E-state index >= 15 is 0 Å². The third kappa shape index (κ3) is 1.39. The zero-order valence-corrected chi connectivity index (χ0v) is 7.38. The molecular formula is C7H11NO3S. The van der Waals surface area contributed by atoms with Gasteiger partial charge in [-0.05, 0) is 12.8 Å². The summed E-state index contributed by atoms with van der Waals surface area (Å²) in [6.07, 6.45) is 5.08. The lowest BCUT2D eigenvalue weighted by molar-refractivity contribution is 0.000644. The third-order valence-corrected chi connectivity index (χ3v) is 4.07. The van der Waals surface area contributed by atoms with E-state index in [1.807, 2.05) is 6.08 Å². The molecule has 0 aromatic carbocycles.